The van der Waals surface area contributed by atoms with E-state index in [1.165, 1.54) is 10.6 Å². The molecule has 150 valence electrons. The van der Waals surface area contributed by atoms with Crippen LogP contribution in [0.4, 0.5) is 23.5 Å². The van der Waals surface area contributed by atoms with Gasteiger partial charge in [-0.15, -0.1) is 5.10 Å². The summed E-state index contributed by atoms with van der Waals surface area (Å²) in [6.07, 6.45) is -0.875. The molecule has 2 aromatic heterocycles. The molecule has 1 unspecified atom stereocenters. The smallest absolute Gasteiger partial charge is 0.387 e. The average molecular weight is 398 g/mol. The predicted molar refractivity (Wildman–Crippen MR) is 93.8 cm³/mol. The van der Waals surface area contributed by atoms with Crippen LogP contribution in [0.5, 0.6) is 5.75 Å². The zero-order valence-electron chi connectivity index (χ0n) is 14.7. The Kier molecular flexibility index (Phi) is 4.92. The van der Waals surface area contributed by atoms with Crippen molar-refractivity contribution in [3.63, 3.8) is 0 Å². The predicted octanol–water partition coefficient (Wildman–Crippen LogP) is 2.91. The zero-order valence-corrected chi connectivity index (χ0v) is 14.7. The number of nitrogens with zero attached hydrogens (tertiary/aromatic N) is 5. The van der Waals surface area contributed by atoms with E-state index in [1.807, 2.05) is 0 Å². The zero-order chi connectivity index (χ0) is 19.8. The highest BCUT2D eigenvalue weighted by molar-refractivity contribution is 5.95. The summed E-state index contributed by atoms with van der Waals surface area (Å²) in [5, 5.41) is 4.87. The molecule has 1 aliphatic heterocycles. The van der Waals surface area contributed by atoms with E-state index in [-0.39, 0.29) is 29.7 Å². The van der Waals surface area contributed by atoms with Crippen LogP contribution in [0.2, 0.25) is 0 Å². The number of ether oxygens (including phenoxy) is 1. The summed E-state index contributed by atoms with van der Waals surface area (Å²) in [6.45, 7) is -2.26. The van der Waals surface area contributed by atoms with Gasteiger partial charge in [0.2, 0.25) is 5.95 Å². The fourth-order valence-electron chi connectivity index (χ4n) is 3.63. The number of fused-ring (bicyclic) bond motifs is 3. The molecule has 0 saturated carbocycles. The van der Waals surface area contributed by atoms with Crippen molar-refractivity contribution in [1.82, 2.24) is 24.5 Å². The number of likely N-dealkylation sites (tertiary alicyclic amines) is 1. The van der Waals surface area contributed by atoms with Crippen molar-refractivity contribution < 1.29 is 22.3 Å². The van der Waals surface area contributed by atoms with E-state index in [2.05, 4.69) is 19.8 Å². The quantitative estimate of drug-likeness (QED) is 0.666. The number of para-hydroxylation sites is 1. The third kappa shape index (κ3) is 3.53. The van der Waals surface area contributed by atoms with Crippen LogP contribution >= 0.6 is 0 Å². The van der Waals surface area contributed by atoms with Gasteiger partial charge >= 0.3 is 6.61 Å². The lowest BCUT2D eigenvalue weighted by Gasteiger charge is -2.30. The Morgan fingerprint density at radius 2 is 2.04 bits per heavy atom. The summed E-state index contributed by atoms with van der Waals surface area (Å²) >= 11 is 0. The first-order valence-electron chi connectivity index (χ1n) is 8.82. The Bertz CT molecular complexity index is 995. The number of halogens is 4. The van der Waals surface area contributed by atoms with Crippen molar-refractivity contribution in [1.29, 1.82) is 0 Å². The molecule has 3 aromatic rings. The summed E-state index contributed by atoms with van der Waals surface area (Å²) in [6, 6.07) is 4.59. The van der Waals surface area contributed by atoms with Gasteiger partial charge in [-0.3, -0.25) is 4.90 Å². The number of benzene rings is 1. The Hall–Kier alpha value is -2.69. The Morgan fingerprint density at radius 1 is 1.21 bits per heavy atom. The number of nitrogen functional groups attached to an aromatic ring is 1. The summed E-state index contributed by atoms with van der Waals surface area (Å²) in [7, 11) is 0. The first kappa shape index (κ1) is 18.7. The molecule has 1 aromatic carbocycles. The third-order valence-corrected chi connectivity index (χ3v) is 4.79. The van der Waals surface area contributed by atoms with Crippen LogP contribution in [0.3, 0.4) is 0 Å². The topological polar surface area (TPSA) is 81.6 Å². The highest BCUT2D eigenvalue weighted by Gasteiger charge is 2.27. The summed E-state index contributed by atoms with van der Waals surface area (Å²) < 4.78 is 56.6. The van der Waals surface area contributed by atoms with Gasteiger partial charge in [0.1, 0.15) is 5.52 Å². The maximum Gasteiger partial charge on any atom is 0.387 e. The molecule has 28 heavy (non-hydrogen) atoms. The molecular weight excluding hydrogens is 380 g/mol. The monoisotopic (exact) mass is 398 g/mol. The normalized spacial score (nSPS) is 18.6. The van der Waals surface area contributed by atoms with Gasteiger partial charge in [0.25, 0.3) is 6.43 Å². The summed E-state index contributed by atoms with van der Waals surface area (Å²) in [5.41, 5.74) is 6.48. The number of anilines is 1. The summed E-state index contributed by atoms with van der Waals surface area (Å²) in [4.78, 5) is 10.4. The van der Waals surface area contributed by atoms with Crippen LogP contribution in [0, 0.1) is 0 Å². The number of aromatic nitrogens is 4. The van der Waals surface area contributed by atoms with Crippen molar-refractivity contribution in [3.05, 3.63) is 24.0 Å². The largest absolute Gasteiger partial charge is 0.432 e. The first-order chi connectivity index (χ1) is 13.4. The lowest BCUT2D eigenvalue weighted by atomic mass is 9.97. The lowest BCUT2D eigenvalue weighted by molar-refractivity contribution is -0.0489. The second kappa shape index (κ2) is 7.38. The molecule has 1 fully saturated rings. The second-order valence-corrected chi connectivity index (χ2v) is 6.70. The molecule has 0 amide bonds. The van der Waals surface area contributed by atoms with Crippen molar-refractivity contribution in [2.75, 3.05) is 25.4 Å². The minimum atomic E-state index is -3.00. The average Bonchev–Trinajstić information content (AvgIpc) is 3.08. The maximum atomic E-state index is 12.7. The van der Waals surface area contributed by atoms with E-state index in [4.69, 9.17) is 5.73 Å². The fraction of sp³-hybridized carbons (Fsp3) is 0.471. The molecule has 11 heteroatoms. The number of nitrogens with two attached hydrogens (primary N) is 1. The number of hydrogen-bond acceptors (Lipinski definition) is 6. The molecule has 0 bridgehead atoms. The van der Waals surface area contributed by atoms with Crippen LogP contribution in [0.1, 0.15) is 24.6 Å². The van der Waals surface area contributed by atoms with Gasteiger partial charge in [0, 0.05) is 17.8 Å². The van der Waals surface area contributed by atoms with E-state index in [0.29, 0.717) is 29.9 Å². The number of rotatable bonds is 5. The van der Waals surface area contributed by atoms with Gasteiger partial charge in [0.05, 0.1) is 6.54 Å². The molecule has 1 saturated heterocycles. The maximum absolute atomic E-state index is 12.7. The molecule has 2 N–H and O–H groups in total. The van der Waals surface area contributed by atoms with Gasteiger partial charge < -0.3 is 10.5 Å². The highest BCUT2D eigenvalue weighted by Crippen LogP contribution is 2.31. The van der Waals surface area contributed by atoms with E-state index in [9.17, 15) is 17.6 Å². The number of alkyl halides is 4. The molecule has 0 aliphatic carbocycles. The van der Waals surface area contributed by atoms with Gasteiger partial charge in [0.15, 0.2) is 17.2 Å². The van der Waals surface area contributed by atoms with E-state index in [0.717, 1.165) is 12.8 Å². The van der Waals surface area contributed by atoms with Crippen LogP contribution in [-0.4, -0.2) is 57.2 Å². The minimum Gasteiger partial charge on any atom is -0.432 e. The number of hydrogen-bond donors (Lipinski definition) is 1. The third-order valence-electron chi connectivity index (χ3n) is 4.79. The molecular formula is C17H18F4N6O. The summed E-state index contributed by atoms with van der Waals surface area (Å²) in [5.74, 6) is 0.223. The molecule has 4 rings (SSSR count). The van der Waals surface area contributed by atoms with Crippen molar-refractivity contribution in [3.8, 4) is 5.75 Å². The molecule has 0 spiro atoms. The van der Waals surface area contributed by atoms with Crippen molar-refractivity contribution in [2.45, 2.75) is 31.8 Å². The molecule has 7 nitrogen and oxygen atoms in total. The Balaban J connectivity index is 1.74. The Morgan fingerprint density at radius 3 is 2.79 bits per heavy atom. The number of piperidine rings is 1. The van der Waals surface area contributed by atoms with Gasteiger partial charge in [-0.2, -0.15) is 13.3 Å². The second-order valence-electron chi connectivity index (χ2n) is 6.70. The van der Waals surface area contributed by atoms with Gasteiger partial charge in [-0.25, -0.2) is 18.7 Å². The van der Waals surface area contributed by atoms with Crippen LogP contribution < -0.4 is 10.5 Å². The minimum absolute atomic E-state index is 0.0215. The van der Waals surface area contributed by atoms with Crippen LogP contribution in [-0.2, 0) is 0 Å². The lowest BCUT2D eigenvalue weighted by Crippen LogP contribution is -2.37. The van der Waals surface area contributed by atoms with E-state index < -0.39 is 13.0 Å². The standard InChI is InChI=1S/C17H18F4N6O/c18-12(19)8-26-6-2-3-9(7-26)14-24-15-10-4-1-5-11(28-16(20)21)13(10)23-17(22)27(15)25-14/h1,4-5,9,12,16H,2-3,6-8H2,(H2,22,23). The fourth-order valence-corrected chi connectivity index (χ4v) is 3.63. The molecule has 3 heterocycles. The van der Waals surface area contributed by atoms with Crippen LogP contribution in [0.15, 0.2) is 18.2 Å². The Labute approximate surface area is 157 Å². The molecule has 0 radical (unpaired) electrons. The van der Waals surface area contributed by atoms with Crippen molar-refractivity contribution in [2.24, 2.45) is 0 Å². The first-order valence-corrected chi connectivity index (χ1v) is 8.82. The van der Waals surface area contributed by atoms with Crippen molar-refractivity contribution >= 4 is 22.5 Å². The van der Waals surface area contributed by atoms with E-state index in [1.54, 1.807) is 17.0 Å². The highest BCUT2D eigenvalue weighted by atomic mass is 19.3. The van der Waals surface area contributed by atoms with Gasteiger partial charge in [-0.1, -0.05) is 6.07 Å². The molecule has 1 atom stereocenters. The SMILES string of the molecule is Nc1nc2c(OC(F)F)cccc2c2nc(C3CCCN(CC(F)F)C3)nn12. The van der Waals surface area contributed by atoms with Crippen LogP contribution in [0.25, 0.3) is 16.6 Å². The van der Waals surface area contributed by atoms with E-state index >= 15 is 0 Å². The molecule has 1 aliphatic rings. The van der Waals surface area contributed by atoms with Gasteiger partial charge in [-0.05, 0) is 31.5 Å².